The summed E-state index contributed by atoms with van der Waals surface area (Å²) in [5, 5.41) is 4.11. The first-order valence-corrected chi connectivity index (χ1v) is 11.9. The van der Waals surface area contributed by atoms with E-state index in [0.29, 0.717) is 21.0 Å². The second kappa shape index (κ2) is 8.36. The Kier molecular flexibility index (Phi) is 5.93. The number of fused-ring (bicyclic) bond motifs is 1. The first kappa shape index (κ1) is 22.0. The maximum absolute atomic E-state index is 12.6. The number of amidine groups is 1. The van der Waals surface area contributed by atoms with Gasteiger partial charge in [0.15, 0.2) is 5.17 Å². The normalized spacial score (nSPS) is 22.7. The Bertz CT molecular complexity index is 1110. The molecule has 1 saturated heterocycles. The monoisotopic (exact) mass is 453 g/mol. The molecule has 0 unspecified atom stereocenters. The van der Waals surface area contributed by atoms with Crippen molar-refractivity contribution in [1.82, 2.24) is 5.32 Å². The summed E-state index contributed by atoms with van der Waals surface area (Å²) in [6.45, 7) is 12.0. The topological polar surface area (TPSA) is 44.7 Å². The number of carbonyl (C=O) groups is 1. The van der Waals surface area contributed by atoms with Gasteiger partial charge in [-0.15, -0.1) is 0 Å². The number of benzene rings is 2. The molecule has 0 bridgehead atoms. The molecule has 1 N–H and O–H groups in total. The van der Waals surface area contributed by atoms with Crippen molar-refractivity contribution in [2.45, 2.75) is 52.5 Å². The molecule has 2 aromatic rings. The maximum Gasteiger partial charge on any atom is 0.264 e. The quantitative estimate of drug-likeness (QED) is 0.529. The minimum absolute atomic E-state index is 0.120. The number of nitrogens with zero attached hydrogens (tertiary/aromatic N) is 2. The number of hydrogen-bond acceptors (Lipinski definition) is 4. The Labute approximate surface area is 193 Å². The number of thioether (sulfide) groups is 1. The molecule has 2 aliphatic heterocycles. The Morgan fingerprint density at radius 1 is 1.32 bits per heavy atom. The summed E-state index contributed by atoms with van der Waals surface area (Å²) in [6, 6.07) is 12.1. The third-order valence-corrected chi connectivity index (χ3v) is 7.46. The van der Waals surface area contributed by atoms with Crippen molar-refractivity contribution < 1.29 is 4.79 Å². The third-order valence-electron chi connectivity index (χ3n) is 6.14. The number of aliphatic imine (C=N–C) groups is 1. The van der Waals surface area contributed by atoms with Crippen molar-refractivity contribution in [2.24, 2.45) is 4.99 Å². The van der Waals surface area contributed by atoms with Crippen molar-refractivity contribution in [1.29, 1.82) is 0 Å². The van der Waals surface area contributed by atoms with E-state index < -0.39 is 0 Å². The molecule has 0 spiro atoms. The number of halogens is 1. The zero-order chi connectivity index (χ0) is 22.3. The SMILES string of the molecule is CCN1c2ccc(/C=C3\SC(=Nc4cccc(Cl)c4C)NC3=O)cc2[C@@H](C)CC1(C)C. The second-order valence-corrected chi connectivity index (χ2v) is 10.3. The smallest absolute Gasteiger partial charge is 0.264 e. The van der Waals surface area contributed by atoms with Gasteiger partial charge in [0.2, 0.25) is 0 Å². The minimum Gasteiger partial charge on any atom is -0.366 e. The van der Waals surface area contributed by atoms with E-state index in [0.717, 1.165) is 29.8 Å². The molecule has 31 heavy (non-hydrogen) atoms. The molecule has 2 aromatic carbocycles. The van der Waals surface area contributed by atoms with Gasteiger partial charge in [-0.05, 0) is 98.8 Å². The van der Waals surface area contributed by atoms with E-state index in [1.165, 1.54) is 23.0 Å². The van der Waals surface area contributed by atoms with E-state index in [1.807, 2.05) is 31.2 Å². The number of hydrogen-bond donors (Lipinski definition) is 1. The van der Waals surface area contributed by atoms with Crippen LogP contribution in [0.4, 0.5) is 11.4 Å². The number of amides is 1. The van der Waals surface area contributed by atoms with Crippen molar-refractivity contribution in [3.8, 4) is 0 Å². The lowest BCUT2D eigenvalue weighted by atomic mass is 9.79. The Balaban J connectivity index is 1.62. The first-order chi connectivity index (χ1) is 14.7. The van der Waals surface area contributed by atoms with Crippen LogP contribution in [-0.4, -0.2) is 23.2 Å². The van der Waals surface area contributed by atoms with Crippen LogP contribution in [0.25, 0.3) is 6.08 Å². The van der Waals surface area contributed by atoms with Crippen molar-refractivity contribution in [2.75, 3.05) is 11.4 Å². The van der Waals surface area contributed by atoms with Gasteiger partial charge < -0.3 is 10.2 Å². The van der Waals surface area contributed by atoms with Gasteiger partial charge >= 0.3 is 0 Å². The first-order valence-electron chi connectivity index (χ1n) is 10.7. The zero-order valence-corrected chi connectivity index (χ0v) is 20.2. The molecule has 1 amide bonds. The number of anilines is 1. The van der Waals surface area contributed by atoms with Crippen LogP contribution in [0, 0.1) is 6.92 Å². The van der Waals surface area contributed by atoms with Crippen LogP contribution in [0.15, 0.2) is 46.3 Å². The number of nitrogens with one attached hydrogen (secondary N) is 1. The fourth-order valence-corrected chi connectivity index (χ4v) is 5.66. The molecular formula is C25H28ClN3OS. The number of rotatable bonds is 3. The van der Waals surface area contributed by atoms with Crippen molar-refractivity contribution in [3.63, 3.8) is 0 Å². The molecule has 162 valence electrons. The van der Waals surface area contributed by atoms with Crippen LogP contribution in [0.3, 0.4) is 0 Å². The molecule has 2 heterocycles. The van der Waals surface area contributed by atoms with Gasteiger partial charge in [-0.2, -0.15) is 0 Å². The van der Waals surface area contributed by atoms with E-state index >= 15 is 0 Å². The van der Waals surface area contributed by atoms with Crippen molar-refractivity contribution in [3.05, 3.63) is 63.0 Å². The summed E-state index contributed by atoms with van der Waals surface area (Å²) in [6.07, 6.45) is 3.06. The molecule has 1 atom stereocenters. The summed E-state index contributed by atoms with van der Waals surface area (Å²) >= 11 is 7.56. The van der Waals surface area contributed by atoms with Gasteiger partial charge in [-0.25, -0.2) is 4.99 Å². The summed E-state index contributed by atoms with van der Waals surface area (Å²) in [4.78, 5) is 20.3. The Hall–Kier alpha value is -2.24. The maximum atomic E-state index is 12.6. The largest absolute Gasteiger partial charge is 0.366 e. The fraction of sp³-hybridized carbons (Fsp3) is 0.360. The van der Waals surface area contributed by atoms with E-state index in [4.69, 9.17) is 11.6 Å². The molecule has 2 aliphatic rings. The predicted octanol–water partition coefficient (Wildman–Crippen LogP) is 6.65. The molecular weight excluding hydrogens is 426 g/mol. The van der Waals surface area contributed by atoms with E-state index in [1.54, 1.807) is 0 Å². The van der Waals surface area contributed by atoms with Gasteiger partial charge in [-0.3, -0.25) is 4.79 Å². The molecule has 0 aromatic heterocycles. The van der Waals surface area contributed by atoms with Gasteiger partial charge in [0.05, 0.1) is 10.6 Å². The van der Waals surface area contributed by atoms with Crippen LogP contribution in [-0.2, 0) is 4.79 Å². The standard InChI is InChI=1S/C25H28ClN3OS/c1-6-29-21-11-10-17(12-18(21)15(2)14-25(29,4)5)13-22-23(30)28-24(31-22)27-20-9-7-8-19(26)16(20)3/h7-13,15H,6,14H2,1-5H3,(H,27,28,30)/b22-13-/t15-/m0/s1. The highest BCUT2D eigenvalue weighted by molar-refractivity contribution is 8.18. The van der Waals surface area contributed by atoms with Crippen LogP contribution in [0.2, 0.25) is 5.02 Å². The number of carbonyl (C=O) groups excluding carboxylic acids is 1. The van der Waals surface area contributed by atoms with Gasteiger partial charge in [0.1, 0.15) is 0 Å². The summed E-state index contributed by atoms with van der Waals surface area (Å²) < 4.78 is 0. The lowest BCUT2D eigenvalue weighted by molar-refractivity contribution is -0.115. The lowest BCUT2D eigenvalue weighted by Gasteiger charge is -2.47. The summed E-state index contributed by atoms with van der Waals surface area (Å²) in [5.41, 5.74) is 5.50. The average Bonchev–Trinajstić information content (AvgIpc) is 3.04. The summed E-state index contributed by atoms with van der Waals surface area (Å²) in [5.74, 6) is 0.352. The van der Waals surface area contributed by atoms with E-state index in [-0.39, 0.29) is 11.4 Å². The zero-order valence-electron chi connectivity index (χ0n) is 18.6. The Morgan fingerprint density at radius 2 is 2.10 bits per heavy atom. The minimum atomic E-state index is -0.120. The molecule has 4 rings (SSSR count). The van der Waals surface area contributed by atoms with Crippen molar-refractivity contribution >= 4 is 51.9 Å². The highest BCUT2D eigenvalue weighted by Crippen LogP contribution is 2.43. The average molecular weight is 454 g/mol. The fourth-order valence-electron chi connectivity index (χ4n) is 4.66. The molecule has 4 nitrogen and oxygen atoms in total. The second-order valence-electron chi connectivity index (χ2n) is 8.85. The van der Waals surface area contributed by atoms with Crippen LogP contribution < -0.4 is 10.2 Å². The third kappa shape index (κ3) is 4.26. The van der Waals surface area contributed by atoms with Gasteiger partial charge in [0.25, 0.3) is 5.91 Å². The predicted molar refractivity (Wildman–Crippen MR) is 134 cm³/mol. The molecule has 0 aliphatic carbocycles. The van der Waals surface area contributed by atoms with Gasteiger partial charge in [-0.1, -0.05) is 30.7 Å². The highest BCUT2D eigenvalue weighted by Gasteiger charge is 2.35. The highest BCUT2D eigenvalue weighted by atomic mass is 35.5. The van der Waals surface area contributed by atoms with Crippen LogP contribution in [0.5, 0.6) is 0 Å². The summed E-state index contributed by atoms with van der Waals surface area (Å²) in [7, 11) is 0. The lowest BCUT2D eigenvalue weighted by Crippen LogP contribution is -2.48. The van der Waals surface area contributed by atoms with Crippen LogP contribution in [0.1, 0.15) is 56.7 Å². The Morgan fingerprint density at radius 3 is 2.84 bits per heavy atom. The van der Waals surface area contributed by atoms with E-state index in [9.17, 15) is 4.79 Å². The molecule has 0 saturated carbocycles. The van der Waals surface area contributed by atoms with E-state index in [2.05, 4.69) is 61.1 Å². The van der Waals surface area contributed by atoms with Gasteiger partial charge in [0, 0.05) is 22.8 Å². The molecule has 0 radical (unpaired) electrons. The molecule has 1 fully saturated rings. The van der Waals surface area contributed by atoms with Crippen LogP contribution >= 0.6 is 23.4 Å². The molecule has 6 heteroatoms.